The molecule has 0 aromatic rings. The Morgan fingerprint density at radius 3 is 1.52 bits per heavy atom. The van der Waals surface area contributed by atoms with Gasteiger partial charge in [-0.2, -0.15) is 0 Å². The van der Waals surface area contributed by atoms with Crippen LogP contribution in [0.25, 0.3) is 0 Å². The summed E-state index contributed by atoms with van der Waals surface area (Å²) >= 11 is 0. The molecule has 19 nitrogen and oxygen atoms in total. The summed E-state index contributed by atoms with van der Waals surface area (Å²) in [6.45, 7) is 3.16. The lowest BCUT2D eigenvalue weighted by Crippen LogP contribution is -2.59. The van der Waals surface area contributed by atoms with Crippen molar-refractivity contribution in [3.05, 3.63) is 0 Å². The number of carbonyl (C=O) groups is 1. The van der Waals surface area contributed by atoms with Crippen LogP contribution in [-0.2, 0) is 42.7 Å². The Morgan fingerprint density at radius 1 is 0.516 bits per heavy atom. The third kappa shape index (κ3) is 22.4. The van der Waals surface area contributed by atoms with Crippen LogP contribution < -0.4 is 0 Å². The standard InChI is InChI=1S/C43H82O19/c1-2-3-4-5-7-11-14-32(48)33(58-26-24-56-22-20-55-21-23-57-25-27-60-43-41(54)39(52)37(50)35(29-46)62-43)15-12-9-6-8-10-13-31(47)30(16-18-44)17-19-59-42-40(53)38(51)36(49)34(28-45)61-42/h30,32-46,48-54H,2-29H2,1H3. The van der Waals surface area contributed by atoms with E-state index in [4.69, 9.17) is 37.9 Å². The highest BCUT2D eigenvalue weighted by atomic mass is 16.7. The zero-order chi connectivity index (χ0) is 45.5. The summed E-state index contributed by atoms with van der Waals surface area (Å²) in [5, 5.41) is 99.0. The van der Waals surface area contributed by atoms with Crippen molar-refractivity contribution in [2.45, 2.75) is 183 Å². The molecule has 368 valence electrons. The Hall–Kier alpha value is -1.05. The minimum Gasteiger partial charge on any atom is -0.396 e. The van der Waals surface area contributed by atoms with Crippen LogP contribution in [-0.4, -0.2) is 210 Å². The highest BCUT2D eigenvalue weighted by Crippen LogP contribution is 2.25. The Bertz CT molecular complexity index is 1070. The van der Waals surface area contributed by atoms with E-state index >= 15 is 0 Å². The lowest BCUT2D eigenvalue weighted by Gasteiger charge is -2.39. The van der Waals surface area contributed by atoms with Crippen molar-refractivity contribution >= 4 is 5.78 Å². The van der Waals surface area contributed by atoms with E-state index in [0.717, 1.165) is 44.9 Å². The van der Waals surface area contributed by atoms with Crippen molar-refractivity contribution in [3.8, 4) is 0 Å². The fraction of sp³-hybridized carbons (Fsp3) is 0.977. The number of aliphatic hydroxyl groups excluding tert-OH is 10. The van der Waals surface area contributed by atoms with Gasteiger partial charge in [0, 0.05) is 18.9 Å². The van der Waals surface area contributed by atoms with Crippen molar-refractivity contribution in [1.82, 2.24) is 0 Å². The molecule has 2 rings (SSSR count). The predicted molar refractivity (Wildman–Crippen MR) is 223 cm³/mol. The molecule has 10 N–H and O–H groups in total. The number of aliphatic hydroxyl groups is 10. The van der Waals surface area contributed by atoms with Crippen LogP contribution in [0.5, 0.6) is 0 Å². The largest absolute Gasteiger partial charge is 0.396 e. The zero-order valence-corrected chi connectivity index (χ0v) is 37.0. The number of carbonyl (C=O) groups excluding carboxylic acids is 1. The Kier molecular flexibility index (Phi) is 32.4. The lowest BCUT2D eigenvalue weighted by molar-refractivity contribution is -0.302. The lowest BCUT2D eigenvalue weighted by atomic mass is 9.93. The van der Waals surface area contributed by atoms with Crippen LogP contribution >= 0.6 is 0 Å². The molecule has 0 radical (unpaired) electrons. The second-order valence-electron chi connectivity index (χ2n) is 16.3. The number of hydrogen-bond donors (Lipinski definition) is 10. The first-order valence-electron chi connectivity index (χ1n) is 23.0. The molecular formula is C43H82O19. The predicted octanol–water partition coefficient (Wildman–Crippen LogP) is -0.146. The Morgan fingerprint density at radius 2 is 0.984 bits per heavy atom. The van der Waals surface area contributed by atoms with Crippen LogP contribution in [0.1, 0.15) is 110 Å². The summed E-state index contributed by atoms with van der Waals surface area (Å²) in [6.07, 6.45) is -1.07. The smallest absolute Gasteiger partial charge is 0.186 e. The number of hydrogen-bond acceptors (Lipinski definition) is 19. The van der Waals surface area contributed by atoms with E-state index in [9.17, 15) is 55.9 Å². The molecule has 0 amide bonds. The van der Waals surface area contributed by atoms with Crippen LogP contribution in [0, 0.1) is 5.92 Å². The van der Waals surface area contributed by atoms with Gasteiger partial charge in [0.1, 0.15) is 54.6 Å². The molecule has 19 heteroatoms. The molecule has 13 unspecified atom stereocenters. The zero-order valence-electron chi connectivity index (χ0n) is 37.0. The third-order valence-electron chi connectivity index (χ3n) is 11.4. The van der Waals surface area contributed by atoms with Gasteiger partial charge in [-0.1, -0.05) is 71.1 Å². The summed E-state index contributed by atoms with van der Waals surface area (Å²) in [5.74, 6) is -0.426. The van der Waals surface area contributed by atoms with Crippen LogP contribution in [0.15, 0.2) is 0 Å². The normalized spacial score (nSPS) is 28.2. The minimum atomic E-state index is -1.55. The number of ether oxygens (including phenoxy) is 8. The highest BCUT2D eigenvalue weighted by molar-refractivity contribution is 5.80. The van der Waals surface area contributed by atoms with E-state index in [1.807, 2.05) is 0 Å². The van der Waals surface area contributed by atoms with E-state index in [1.54, 1.807) is 0 Å². The van der Waals surface area contributed by atoms with Gasteiger partial charge in [0.05, 0.1) is 84.9 Å². The minimum absolute atomic E-state index is 0.0155. The van der Waals surface area contributed by atoms with E-state index in [0.29, 0.717) is 58.7 Å². The molecule has 0 spiro atoms. The summed E-state index contributed by atoms with van der Waals surface area (Å²) in [5.41, 5.74) is 0. The van der Waals surface area contributed by atoms with E-state index in [2.05, 4.69) is 6.92 Å². The first kappa shape index (κ1) is 57.1. The van der Waals surface area contributed by atoms with Gasteiger partial charge >= 0.3 is 0 Å². The second-order valence-corrected chi connectivity index (χ2v) is 16.3. The first-order chi connectivity index (χ1) is 30.0. The maximum atomic E-state index is 13.0. The number of Topliss-reactive ketones (excluding diaryl/α,β-unsaturated/α-hetero) is 1. The molecule has 13 atom stereocenters. The molecule has 2 fully saturated rings. The molecule has 0 bridgehead atoms. The second kappa shape index (κ2) is 35.2. The van der Waals surface area contributed by atoms with Crippen molar-refractivity contribution in [2.75, 3.05) is 79.3 Å². The maximum Gasteiger partial charge on any atom is 0.186 e. The van der Waals surface area contributed by atoms with Gasteiger partial charge in [0.2, 0.25) is 0 Å². The summed E-state index contributed by atoms with van der Waals surface area (Å²) in [4.78, 5) is 13.0. The topological polar surface area (TPSA) is 293 Å². The van der Waals surface area contributed by atoms with Crippen LogP contribution in [0.2, 0.25) is 0 Å². The number of unbranched alkanes of at least 4 members (excludes halogenated alkanes) is 9. The van der Waals surface area contributed by atoms with Crippen molar-refractivity contribution < 1.29 is 93.8 Å². The molecule has 2 aliphatic rings. The molecular weight excluding hydrogens is 820 g/mol. The number of ketones is 1. The SMILES string of the molecule is CCCCCCCCC(O)C(CCCCCCCC(=O)C(CCO)CCOC1OC(CO)C(O)C(O)C1O)OCCOCCOCCOCCOC1OC(CO)C(O)C(O)C1O. The summed E-state index contributed by atoms with van der Waals surface area (Å²) in [6, 6.07) is 0. The first-order valence-corrected chi connectivity index (χ1v) is 23.0. The van der Waals surface area contributed by atoms with Crippen LogP contribution in [0.3, 0.4) is 0 Å². The number of rotatable bonds is 39. The third-order valence-corrected chi connectivity index (χ3v) is 11.4. The fourth-order valence-electron chi connectivity index (χ4n) is 7.47. The van der Waals surface area contributed by atoms with Crippen LogP contribution in [0.4, 0.5) is 0 Å². The van der Waals surface area contributed by atoms with Gasteiger partial charge in [-0.15, -0.1) is 0 Å². The molecule has 2 heterocycles. The van der Waals surface area contributed by atoms with Crippen molar-refractivity contribution in [2.24, 2.45) is 5.92 Å². The Labute approximate surface area is 367 Å². The van der Waals surface area contributed by atoms with Crippen molar-refractivity contribution in [1.29, 1.82) is 0 Å². The average Bonchev–Trinajstić information content (AvgIpc) is 3.27. The molecule has 2 saturated heterocycles. The highest BCUT2D eigenvalue weighted by Gasteiger charge is 2.45. The molecule has 62 heavy (non-hydrogen) atoms. The van der Waals surface area contributed by atoms with Gasteiger partial charge < -0.3 is 89.0 Å². The van der Waals surface area contributed by atoms with Gasteiger partial charge in [-0.25, -0.2) is 0 Å². The molecule has 0 aliphatic carbocycles. The maximum absolute atomic E-state index is 13.0. The molecule has 0 saturated carbocycles. The monoisotopic (exact) mass is 903 g/mol. The molecule has 0 aromatic heterocycles. The summed E-state index contributed by atoms with van der Waals surface area (Å²) in [7, 11) is 0. The molecule has 0 aromatic carbocycles. The van der Waals surface area contributed by atoms with E-state index < -0.39 is 86.6 Å². The quantitative estimate of drug-likeness (QED) is 0.0359. The van der Waals surface area contributed by atoms with E-state index in [1.165, 1.54) is 19.3 Å². The Balaban J connectivity index is 1.60. The van der Waals surface area contributed by atoms with Gasteiger partial charge in [0.25, 0.3) is 0 Å². The summed E-state index contributed by atoms with van der Waals surface area (Å²) < 4.78 is 44.4. The fourth-order valence-corrected chi connectivity index (χ4v) is 7.47. The van der Waals surface area contributed by atoms with E-state index in [-0.39, 0.29) is 57.8 Å². The van der Waals surface area contributed by atoms with Gasteiger partial charge in [-0.3, -0.25) is 4.79 Å². The van der Waals surface area contributed by atoms with Gasteiger partial charge in [0.15, 0.2) is 12.6 Å². The molecule has 2 aliphatic heterocycles. The van der Waals surface area contributed by atoms with Crippen molar-refractivity contribution in [3.63, 3.8) is 0 Å². The average molecular weight is 903 g/mol. The van der Waals surface area contributed by atoms with Gasteiger partial charge in [-0.05, 0) is 32.1 Å².